The number of phenols is 1. The highest BCUT2D eigenvalue weighted by molar-refractivity contribution is 7.98. The number of hydrogen-bond acceptors (Lipinski definition) is 4. The fourth-order valence-electron chi connectivity index (χ4n) is 1.29. The Bertz CT molecular complexity index is 462. The average Bonchev–Trinajstić information content (AvgIpc) is 2.61. The zero-order valence-corrected chi connectivity index (χ0v) is 9.54. The van der Waals surface area contributed by atoms with E-state index in [9.17, 15) is 5.11 Å². The Morgan fingerprint density at radius 1 is 1.36 bits per heavy atom. The fraction of sp³-hybridized carbons (Fsp3) is 0.200. The van der Waals surface area contributed by atoms with Crippen LogP contribution in [-0.2, 0) is 0 Å². The van der Waals surface area contributed by atoms with Crippen molar-refractivity contribution in [1.29, 1.82) is 0 Å². The average molecular weight is 226 g/mol. The monoisotopic (exact) mass is 226 g/mol. The molecule has 0 aliphatic rings. The normalized spacial score (nSPS) is 10.7. The van der Waals surface area contributed by atoms with Crippen molar-refractivity contribution in [2.45, 2.75) is 4.90 Å². The molecular formula is C10H10O2S2. The highest BCUT2D eigenvalue weighted by atomic mass is 32.2. The fourth-order valence-corrected chi connectivity index (χ4v) is 2.77. The summed E-state index contributed by atoms with van der Waals surface area (Å²) in [6, 6.07) is 5.70. The van der Waals surface area contributed by atoms with Gasteiger partial charge in [0.25, 0.3) is 0 Å². The van der Waals surface area contributed by atoms with Crippen LogP contribution in [0.2, 0.25) is 0 Å². The summed E-state index contributed by atoms with van der Waals surface area (Å²) < 4.78 is 6.19. The maximum absolute atomic E-state index is 9.73. The summed E-state index contributed by atoms with van der Waals surface area (Å²) in [5.41, 5.74) is 0. The van der Waals surface area contributed by atoms with E-state index in [1.807, 2.05) is 12.3 Å². The molecule has 0 unspecified atom stereocenters. The molecule has 0 aliphatic heterocycles. The van der Waals surface area contributed by atoms with E-state index in [1.54, 1.807) is 36.3 Å². The minimum atomic E-state index is 0.325. The number of phenolic OH excluding ortho intramolecular Hbond substituents is 1. The van der Waals surface area contributed by atoms with Crippen molar-refractivity contribution in [1.82, 2.24) is 0 Å². The lowest BCUT2D eigenvalue weighted by molar-refractivity contribution is 0.427. The Hall–Kier alpha value is -0.870. The van der Waals surface area contributed by atoms with Crippen LogP contribution in [0.15, 0.2) is 23.1 Å². The van der Waals surface area contributed by atoms with Crippen LogP contribution in [-0.4, -0.2) is 18.5 Å². The van der Waals surface area contributed by atoms with E-state index in [0.717, 1.165) is 20.0 Å². The lowest BCUT2D eigenvalue weighted by Crippen LogP contribution is -1.73. The highest BCUT2D eigenvalue weighted by Gasteiger charge is 2.07. The molecule has 0 saturated heterocycles. The molecular weight excluding hydrogens is 216 g/mol. The molecule has 1 N–H and O–H groups in total. The van der Waals surface area contributed by atoms with Crippen LogP contribution in [0.4, 0.5) is 0 Å². The van der Waals surface area contributed by atoms with E-state index in [0.29, 0.717) is 5.75 Å². The van der Waals surface area contributed by atoms with Gasteiger partial charge in [-0.15, -0.1) is 11.8 Å². The van der Waals surface area contributed by atoms with Gasteiger partial charge in [0, 0.05) is 21.0 Å². The predicted molar refractivity (Wildman–Crippen MR) is 61.8 cm³/mol. The molecule has 0 aliphatic carbocycles. The molecule has 1 aromatic heterocycles. The maximum Gasteiger partial charge on any atom is 0.174 e. The molecule has 0 bridgehead atoms. The van der Waals surface area contributed by atoms with Crippen molar-refractivity contribution in [2.24, 2.45) is 0 Å². The van der Waals surface area contributed by atoms with Gasteiger partial charge in [0.05, 0.1) is 7.11 Å². The van der Waals surface area contributed by atoms with Crippen LogP contribution >= 0.6 is 23.1 Å². The molecule has 2 aromatic rings. The molecule has 0 atom stereocenters. The van der Waals surface area contributed by atoms with E-state index >= 15 is 0 Å². The van der Waals surface area contributed by atoms with Crippen LogP contribution < -0.4 is 4.74 Å². The second kappa shape index (κ2) is 3.71. The van der Waals surface area contributed by atoms with Gasteiger partial charge in [-0.3, -0.25) is 0 Å². The number of benzene rings is 1. The van der Waals surface area contributed by atoms with Crippen molar-refractivity contribution in [2.75, 3.05) is 13.4 Å². The van der Waals surface area contributed by atoms with Gasteiger partial charge in [0.1, 0.15) is 5.75 Å². The largest absolute Gasteiger partial charge is 0.507 e. The van der Waals surface area contributed by atoms with Crippen molar-refractivity contribution in [3.05, 3.63) is 18.2 Å². The third-order valence-corrected chi connectivity index (χ3v) is 3.75. The van der Waals surface area contributed by atoms with Gasteiger partial charge in [0.15, 0.2) is 5.06 Å². The number of aromatic hydroxyl groups is 1. The van der Waals surface area contributed by atoms with Gasteiger partial charge in [-0.1, -0.05) is 11.3 Å². The molecule has 4 heteroatoms. The minimum absolute atomic E-state index is 0.325. The number of methoxy groups -OCH3 is 1. The molecule has 0 fully saturated rings. The van der Waals surface area contributed by atoms with Crippen molar-refractivity contribution in [3.8, 4) is 10.8 Å². The maximum atomic E-state index is 9.73. The van der Waals surface area contributed by atoms with Gasteiger partial charge in [-0.05, 0) is 18.4 Å². The Morgan fingerprint density at radius 3 is 2.79 bits per heavy atom. The number of rotatable bonds is 2. The first-order chi connectivity index (χ1) is 6.74. The molecule has 14 heavy (non-hydrogen) atoms. The number of thioether (sulfide) groups is 1. The molecule has 0 spiro atoms. The zero-order chi connectivity index (χ0) is 10.1. The second-order valence-corrected chi connectivity index (χ2v) is 4.75. The molecule has 0 amide bonds. The molecule has 0 radical (unpaired) electrons. The Balaban J connectivity index is 2.67. The smallest absolute Gasteiger partial charge is 0.174 e. The van der Waals surface area contributed by atoms with Gasteiger partial charge < -0.3 is 9.84 Å². The highest BCUT2D eigenvalue weighted by Crippen LogP contribution is 2.39. The third-order valence-electron chi connectivity index (χ3n) is 2.00. The molecule has 74 valence electrons. The van der Waals surface area contributed by atoms with Gasteiger partial charge in [-0.2, -0.15) is 0 Å². The van der Waals surface area contributed by atoms with Crippen molar-refractivity contribution < 1.29 is 9.84 Å². The predicted octanol–water partition coefficient (Wildman–Crippen LogP) is 3.34. The SMILES string of the molecule is COc1cc2c(O)cc(SC)cc2s1. The van der Waals surface area contributed by atoms with Crippen LogP contribution in [0, 0.1) is 0 Å². The number of ether oxygens (including phenoxy) is 1. The molecule has 1 aromatic carbocycles. The van der Waals surface area contributed by atoms with Gasteiger partial charge >= 0.3 is 0 Å². The van der Waals surface area contributed by atoms with Gasteiger partial charge in [0.2, 0.25) is 0 Å². The topological polar surface area (TPSA) is 29.5 Å². The summed E-state index contributed by atoms with van der Waals surface area (Å²) in [5, 5.41) is 11.4. The lowest BCUT2D eigenvalue weighted by atomic mass is 10.2. The van der Waals surface area contributed by atoms with Crippen molar-refractivity contribution in [3.63, 3.8) is 0 Å². The second-order valence-electron chi connectivity index (χ2n) is 2.83. The van der Waals surface area contributed by atoms with E-state index < -0.39 is 0 Å². The number of thiophene rings is 1. The van der Waals surface area contributed by atoms with E-state index in [-0.39, 0.29) is 0 Å². The summed E-state index contributed by atoms with van der Waals surface area (Å²) in [5.74, 6) is 0.325. The Morgan fingerprint density at radius 2 is 2.14 bits per heavy atom. The van der Waals surface area contributed by atoms with E-state index in [4.69, 9.17) is 4.74 Å². The third kappa shape index (κ3) is 1.55. The lowest BCUT2D eigenvalue weighted by Gasteiger charge is -1.98. The first-order valence-corrected chi connectivity index (χ1v) is 6.13. The number of fused-ring (bicyclic) bond motifs is 1. The van der Waals surface area contributed by atoms with Crippen LogP contribution in [0.25, 0.3) is 10.1 Å². The van der Waals surface area contributed by atoms with Gasteiger partial charge in [-0.25, -0.2) is 0 Å². The van der Waals surface area contributed by atoms with E-state index in [1.165, 1.54) is 0 Å². The first kappa shape index (κ1) is 9.68. The van der Waals surface area contributed by atoms with Crippen LogP contribution in [0.5, 0.6) is 10.8 Å². The minimum Gasteiger partial charge on any atom is -0.507 e. The standard InChI is InChI=1S/C10H10O2S2/c1-12-10-5-7-8(11)3-6(13-2)4-9(7)14-10/h3-5,11H,1-2H3. The summed E-state index contributed by atoms with van der Waals surface area (Å²) in [4.78, 5) is 1.07. The van der Waals surface area contributed by atoms with Crippen LogP contribution in [0.1, 0.15) is 0 Å². The summed E-state index contributed by atoms with van der Waals surface area (Å²) in [6.07, 6.45) is 1.99. The molecule has 2 nitrogen and oxygen atoms in total. The molecule has 1 heterocycles. The quantitative estimate of drug-likeness (QED) is 0.796. The Labute approximate surface area is 90.5 Å². The van der Waals surface area contributed by atoms with Crippen molar-refractivity contribution >= 4 is 33.2 Å². The summed E-state index contributed by atoms with van der Waals surface area (Å²) in [6.45, 7) is 0. The zero-order valence-electron chi connectivity index (χ0n) is 7.90. The summed E-state index contributed by atoms with van der Waals surface area (Å²) in [7, 11) is 1.64. The Kier molecular flexibility index (Phi) is 2.56. The molecule has 0 saturated carbocycles. The van der Waals surface area contributed by atoms with Crippen LogP contribution in [0.3, 0.4) is 0 Å². The van der Waals surface area contributed by atoms with E-state index in [2.05, 4.69) is 6.07 Å². The summed E-state index contributed by atoms with van der Waals surface area (Å²) >= 11 is 3.17. The molecule has 2 rings (SSSR count). The number of hydrogen-bond donors (Lipinski definition) is 1. The first-order valence-electron chi connectivity index (χ1n) is 4.09.